The maximum atomic E-state index is 14.8. The number of oxime groups is 1. The molecule has 2 fully saturated rings. The summed E-state index contributed by atoms with van der Waals surface area (Å²) in [6.07, 6.45) is 3.83. The van der Waals surface area contributed by atoms with E-state index in [0.29, 0.717) is 35.7 Å². The number of sulfonamides is 1. The normalized spacial score (nSPS) is 17.3. The molecule has 0 spiro atoms. The number of urea groups is 1. The minimum atomic E-state index is -4.12. The molecular weight excluding hydrogens is 951 g/mol. The first kappa shape index (κ1) is 52.2. The molecule has 5 aromatic rings. The van der Waals surface area contributed by atoms with Gasteiger partial charge in [-0.15, -0.1) is 11.3 Å². The van der Waals surface area contributed by atoms with Crippen molar-refractivity contribution in [3.63, 3.8) is 0 Å². The summed E-state index contributed by atoms with van der Waals surface area (Å²) in [5.41, 5.74) is 6.58. The molecule has 0 radical (unpaired) electrons. The van der Waals surface area contributed by atoms with Crippen LogP contribution in [0.2, 0.25) is 0 Å². The van der Waals surface area contributed by atoms with Gasteiger partial charge in [0, 0.05) is 43.5 Å². The van der Waals surface area contributed by atoms with Crippen LogP contribution in [-0.4, -0.2) is 122 Å². The van der Waals surface area contributed by atoms with Crippen LogP contribution in [-0.2, 0) is 27.8 Å². The van der Waals surface area contributed by atoms with Crippen LogP contribution >= 0.6 is 11.3 Å². The van der Waals surface area contributed by atoms with Crippen LogP contribution in [0.3, 0.4) is 0 Å². The van der Waals surface area contributed by atoms with Gasteiger partial charge >= 0.3 is 12.1 Å². The van der Waals surface area contributed by atoms with Gasteiger partial charge in [0.1, 0.15) is 11.0 Å². The van der Waals surface area contributed by atoms with Gasteiger partial charge in [-0.1, -0.05) is 129 Å². The van der Waals surface area contributed by atoms with Crippen molar-refractivity contribution in [2.24, 2.45) is 17.0 Å². The van der Waals surface area contributed by atoms with Crippen molar-refractivity contribution in [2.45, 2.75) is 120 Å². The van der Waals surface area contributed by atoms with Gasteiger partial charge in [0.15, 0.2) is 0 Å². The minimum Gasteiger partial charge on any atom is -0.465 e. The molecule has 4 amide bonds. The van der Waals surface area contributed by atoms with Gasteiger partial charge in [-0.3, -0.25) is 9.69 Å². The first-order chi connectivity index (χ1) is 34.7. The maximum absolute atomic E-state index is 14.8. The highest BCUT2D eigenvalue weighted by Crippen LogP contribution is 2.49. The molecule has 72 heavy (non-hydrogen) atoms. The third-order valence-corrected chi connectivity index (χ3v) is 17.6. The number of carbonyl (C=O) groups excluding carboxylic acids is 2. The van der Waals surface area contributed by atoms with Crippen LogP contribution in [0, 0.1) is 11.8 Å². The molecule has 5 atom stereocenters. The van der Waals surface area contributed by atoms with Gasteiger partial charge in [0.05, 0.1) is 41.5 Å². The Hall–Kier alpha value is -6.14. The summed E-state index contributed by atoms with van der Waals surface area (Å²) in [7, 11) is -4.12. The molecule has 0 bridgehead atoms. The van der Waals surface area contributed by atoms with Crippen LogP contribution < -0.4 is 5.32 Å². The molecule has 4 aromatic carbocycles. The fraction of sp³-hybridized carbons (Fsp3) is 0.436. The molecular formula is C55H67N7O8S2. The van der Waals surface area contributed by atoms with Crippen LogP contribution in [0.5, 0.6) is 0 Å². The Morgan fingerprint density at radius 1 is 0.917 bits per heavy atom. The molecule has 1 saturated carbocycles. The third-order valence-electron chi connectivity index (χ3n) is 14.8. The van der Waals surface area contributed by atoms with Gasteiger partial charge in [-0.2, -0.15) is 4.31 Å². The molecule has 1 saturated heterocycles. The van der Waals surface area contributed by atoms with E-state index in [-0.39, 0.29) is 67.3 Å². The average molecular weight is 1020 g/mol. The maximum Gasteiger partial charge on any atom is 0.408 e. The van der Waals surface area contributed by atoms with Crippen LogP contribution in [0.25, 0.3) is 11.1 Å². The number of fused-ring (bicyclic) bond motifs is 3. The van der Waals surface area contributed by atoms with Crippen LogP contribution in [0.1, 0.15) is 111 Å². The second-order valence-corrected chi connectivity index (χ2v) is 22.7. The topological polar surface area (TPSA) is 196 Å². The second kappa shape index (κ2) is 23.2. The number of nitrogens with zero attached hydrogens (tertiary/aromatic N) is 6. The van der Waals surface area contributed by atoms with Crippen molar-refractivity contribution in [1.82, 2.24) is 29.3 Å². The van der Waals surface area contributed by atoms with Gasteiger partial charge in [0.2, 0.25) is 15.9 Å². The van der Waals surface area contributed by atoms with Gasteiger partial charge < -0.3 is 30.5 Å². The Bertz CT molecular complexity index is 2760. The predicted octanol–water partition coefficient (Wildman–Crippen LogP) is 9.21. The van der Waals surface area contributed by atoms with Crippen molar-refractivity contribution >= 4 is 45.6 Å². The van der Waals surface area contributed by atoms with E-state index in [9.17, 15) is 33.0 Å². The zero-order valence-electron chi connectivity index (χ0n) is 41.5. The average Bonchev–Trinajstić information content (AvgIpc) is 4.20. The van der Waals surface area contributed by atoms with Crippen molar-refractivity contribution in [1.29, 1.82) is 0 Å². The van der Waals surface area contributed by atoms with Crippen molar-refractivity contribution in [3.05, 3.63) is 141 Å². The molecule has 382 valence electrons. The largest absolute Gasteiger partial charge is 0.465 e. The second-order valence-electron chi connectivity index (χ2n) is 19.8. The lowest BCUT2D eigenvalue weighted by atomic mass is 9.89. The van der Waals surface area contributed by atoms with Gasteiger partial charge in [0.25, 0.3) is 0 Å². The molecule has 8 rings (SSSR count). The van der Waals surface area contributed by atoms with E-state index in [1.807, 2.05) is 87.7 Å². The number of aliphatic hydroxyl groups is 1. The Balaban J connectivity index is 1.01. The lowest BCUT2D eigenvalue weighted by Gasteiger charge is -2.35. The number of hydrogen-bond donors (Lipinski definition) is 4. The molecule has 4 N–H and O–H groups in total. The summed E-state index contributed by atoms with van der Waals surface area (Å²) in [5.74, 6) is -0.666. The Kier molecular flexibility index (Phi) is 16.8. The molecule has 2 aliphatic carbocycles. The molecule has 17 heteroatoms. The minimum absolute atomic E-state index is 0.0354. The number of benzene rings is 4. The molecule has 2 heterocycles. The van der Waals surface area contributed by atoms with Gasteiger partial charge in [-0.25, -0.2) is 23.0 Å². The van der Waals surface area contributed by atoms with E-state index in [2.05, 4.69) is 34.7 Å². The predicted molar refractivity (Wildman–Crippen MR) is 279 cm³/mol. The van der Waals surface area contributed by atoms with E-state index in [1.54, 1.807) is 21.9 Å². The monoisotopic (exact) mass is 1020 g/mol. The lowest BCUT2D eigenvalue weighted by Crippen LogP contribution is -2.57. The van der Waals surface area contributed by atoms with E-state index >= 15 is 0 Å². The molecule has 1 unspecified atom stereocenters. The quantitative estimate of drug-likeness (QED) is 0.0297. The van der Waals surface area contributed by atoms with Crippen molar-refractivity contribution in [2.75, 3.05) is 26.2 Å². The summed E-state index contributed by atoms with van der Waals surface area (Å²) in [5, 5.41) is 40.5. The standard InChI is InChI=1S/C55H67N7O8S2/c1-5-37(4)51(52(64)58-48(29-38-15-7-6-8-16-38)50(63)34-60(32-40-17-9-10-18-40)72(69,70)42-25-23-39(24-26-42)31-56-68)61-28-27-59(54(61)65)33-41-35-71-53(57-41)49(62(36(2)3)55(66)67)30-47-45-21-13-11-19-43(45)44-20-12-14-22-46(44)47/h6-8,11-16,19-26,31,35-37,40,47-51,63,68H,5,9-10,17-18,27-30,32-34H2,1-4H3,(H,58,64)(H,66,67)/t37-,48-,49?,50+,51-/m0/s1. The smallest absolute Gasteiger partial charge is 0.408 e. The first-order valence-electron chi connectivity index (χ1n) is 25.2. The van der Waals surface area contributed by atoms with Crippen LogP contribution in [0.15, 0.2) is 119 Å². The number of thiazole rings is 1. The van der Waals surface area contributed by atoms with Crippen molar-refractivity contribution < 1.29 is 38.2 Å². The SMILES string of the molecule is CC[C@H](C)[C@@H](C(=O)N[C@@H](Cc1ccccc1)[C@H](O)CN(CC1CCCC1)S(=O)(=O)c1ccc(C=NO)cc1)N1CCN(Cc2csc(C(CC3c4ccccc4-c4ccccc43)N(C(=O)O)C(C)C)n2)C1=O. The summed E-state index contributed by atoms with van der Waals surface area (Å²) in [4.78, 5) is 52.1. The summed E-state index contributed by atoms with van der Waals surface area (Å²) in [6.45, 7) is 8.31. The first-order valence-corrected chi connectivity index (χ1v) is 27.5. The summed E-state index contributed by atoms with van der Waals surface area (Å²) < 4.78 is 30.1. The van der Waals surface area contributed by atoms with E-state index < -0.39 is 46.3 Å². The number of nitrogens with one attached hydrogen (secondary N) is 1. The number of aliphatic hydroxyl groups excluding tert-OH is 1. The lowest BCUT2D eigenvalue weighted by molar-refractivity contribution is -0.128. The highest BCUT2D eigenvalue weighted by atomic mass is 32.2. The number of carbonyl (C=O) groups is 3. The molecule has 15 nitrogen and oxygen atoms in total. The van der Waals surface area contributed by atoms with E-state index in [0.717, 1.165) is 53.5 Å². The number of rotatable bonds is 22. The molecule has 1 aliphatic heterocycles. The summed E-state index contributed by atoms with van der Waals surface area (Å²) in [6, 6.07) is 28.9. The zero-order chi connectivity index (χ0) is 51.1. The Morgan fingerprint density at radius 3 is 2.17 bits per heavy atom. The number of amides is 4. The Labute approximate surface area is 427 Å². The fourth-order valence-corrected chi connectivity index (χ4v) is 13.4. The van der Waals surface area contributed by atoms with Crippen molar-refractivity contribution in [3.8, 4) is 11.1 Å². The number of hydrogen-bond acceptors (Lipinski definition) is 10. The zero-order valence-corrected chi connectivity index (χ0v) is 43.1. The number of carboxylic acid groups (broad SMARTS) is 1. The summed E-state index contributed by atoms with van der Waals surface area (Å²) >= 11 is 1.39. The third kappa shape index (κ3) is 11.5. The van der Waals surface area contributed by atoms with E-state index in [4.69, 9.17) is 10.2 Å². The highest BCUT2D eigenvalue weighted by molar-refractivity contribution is 7.89. The molecule has 1 aromatic heterocycles. The fourth-order valence-electron chi connectivity index (χ4n) is 10.9. The molecule has 3 aliphatic rings. The van der Waals surface area contributed by atoms with Crippen LogP contribution in [0.4, 0.5) is 9.59 Å². The highest BCUT2D eigenvalue weighted by Gasteiger charge is 2.42. The Morgan fingerprint density at radius 2 is 1.56 bits per heavy atom. The van der Waals surface area contributed by atoms with Gasteiger partial charge in [-0.05, 0) is 96.9 Å². The number of aromatic nitrogens is 1. The van der Waals surface area contributed by atoms with E-state index in [1.165, 1.54) is 38.9 Å².